The summed E-state index contributed by atoms with van der Waals surface area (Å²) < 4.78 is 11.3. The van der Waals surface area contributed by atoms with Crippen LogP contribution in [0.2, 0.25) is 0 Å². The van der Waals surface area contributed by atoms with E-state index < -0.39 is 24.2 Å². The molecule has 184 valence electrons. The third kappa shape index (κ3) is 4.88. The lowest BCUT2D eigenvalue weighted by molar-refractivity contribution is -0.146. The first-order chi connectivity index (χ1) is 17.0. The van der Waals surface area contributed by atoms with Crippen LogP contribution in [-0.4, -0.2) is 77.4 Å². The second-order valence-corrected chi connectivity index (χ2v) is 10.2. The van der Waals surface area contributed by atoms with Crippen LogP contribution in [0, 0.1) is 0 Å². The zero-order valence-electron chi connectivity index (χ0n) is 19.2. The van der Waals surface area contributed by atoms with E-state index in [0.717, 1.165) is 28.0 Å². The van der Waals surface area contributed by atoms with Crippen LogP contribution in [0.25, 0.3) is 11.1 Å². The highest BCUT2D eigenvalue weighted by Gasteiger charge is 2.41. The third-order valence-corrected chi connectivity index (χ3v) is 7.99. The molecular formula is C26H28N2O6S. The van der Waals surface area contributed by atoms with Gasteiger partial charge in [0.15, 0.2) is 6.10 Å². The van der Waals surface area contributed by atoms with Crippen LogP contribution in [-0.2, 0) is 19.1 Å². The molecule has 0 radical (unpaired) electrons. The number of carbonyl (C=O) groups is 3. The number of benzene rings is 2. The number of thioether (sulfide) groups is 1. The van der Waals surface area contributed by atoms with Gasteiger partial charge in [-0.15, -0.1) is 0 Å². The molecule has 2 heterocycles. The molecule has 3 aliphatic rings. The van der Waals surface area contributed by atoms with Crippen molar-refractivity contribution in [3.8, 4) is 11.1 Å². The Morgan fingerprint density at radius 1 is 1.09 bits per heavy atom. The minimum atomic E-state index is -0.934. The molecule has 5 rings (SSSR count). The van der Waals surface area contributed by atoms with Gasteiger partial charge in [-0.1, -0.05) is 48.5 Å². The molecule has 2 aromatic carbocycles. The standard InChI is InChI=1S/C26H28N2O6S/c29-23(30)13-16-15-35-12-10-28(16)25(31)24-22(9-11-33-24)27-26(32)34-14-21-19-7-3-1-5-17(19)18-6-2-4-8-20(18)21/h1-8,16,21-22,24H,9-15H2,(H,27,32)(H,29,30)/t16?,22-,24+/m0/s1. The minimum Gasteiger partial charge on any atom is -0.481 e. The van der Waals surface area contributed by atoms with Crippen LogP contribution in [0.4, 0.5) is 4.79 Å². The number of ether oxygens (including phenoxy) is 2. The summed E-state index contributed by atoms with van der Waals surface area (Å²) in [6.07, 6.45) is -1.03. The van der Waals surface area contributed by atoms with Gasteiger partial charge in [-0.2, -0.15) is 11.8 Å². The fraction of sp³-hybridized carbons (Fsp3) is 0.423. The summed E-state index contributed by atoms with van der Waals surface area (Å²) in [5.41, 5.74) is 4.57. The van der Waals surface area contributed by atoms with E-state index in [0.29, 0.717) is 25.3 Å². The number of rotatable bonds is 6. The number of carboxylic acids is 1. The number of hydrogen-bond acceptors (Lipinski definition) is 6. The summed E-state index contributed by atoms with van der Waals surface area (Å²) in [6, 6.07) is 15.4. The van der Waals surface area contributed by atoms with Crippen LogP contribution in [0.5, 0.6) is 0 Å². The smallest absolute Gasteiger partial charge is 0.407 e. The van der Waals surface area contributed by atoms with Gasteiger partial charge in [0, 0.05) is 30.6 Å². The lowest BCUT2D eigenvalue weighted by atomic mass is 9.98. The summed E-state index contributed by atoms with van der Waals surface area (Å²) in [5.74, 6) is 0.0795. The summed E-state index contributed by atoms with van der Waals surface area (Å²) in [5, 5.41) is 12.0. The molecule has 35 heavy (non-hydrogen) atoms. The van der Waals surface area contributed by atoms with Gasteiger partial charge in [0.25, 0.3) is 5.91 Å². The fourth-order valence-electron chi connectivity index (χ4n) is 5.25. The molecule has 0 saturated carbocycles. The molecule has 2 aliphatic heterocycles. The Balaban J connectivity index is 1.22. The van der Waals surface area contributed by atoms with E-state index in [-0.39, 0.29) is 30.9 Å². The monoisotopic (exact) mass is 496 g/mol. The normalized spacial score (nSPS) is 23.4. The van der Waals surface area contributed by atoms with Crippen molar-refractivity contribution >= 4 is 29.7 Å². The molecule has 8 nitrogen and oxygen atoms in total. The van der Waals surface area contributed by atoms with Crippen molar-refractivity contribution in [1.29, 1.82) is 0 Å². The van der Waals surface area contributed by atoms with E-state index in [4.69, 9.17) is 9.47 Å². The largest absolute Gasteiger partial charge is 0.481 e. The first-order valence-corrected chi connectivity index (χ1v) is 13.0. The second-order valence-electron chi connectivity index (χ2n) is 9.01. The number of alkyl carbamates (subject to hydrolysis) is 1. The van der Waals surface area contributed by atoms with Crippen molar-refractivity contribution in [3.63, 3.8) is 0 Å². The molecule has 1 unspecified atom stereocenters. The van der Waals surface area contributed by atoms with Crippen LogP contribution in [0.1, 0.15) is 29.9 Å². The van der Waals surface area contributed by atoms with Gasteiger partial charge in [0.05, 0.1) is 18.5 Å². The second kappa shape index (κ2) is 10.3. The number of amides is 2. The molecule has 2 saturated heterocycles. The predicted molar refractivity (Wildman–Crippen MR) is 131 cm³/mol. The van der Waals surface area contributed by atoms with Gasteiger partial charge < -0.3 is 24.8 Å². The van der Waals surface area contributed by atoms with E-state index in [1.807, 2.05) is 24.3 Å². The summed E-state index contributed by atoms with van der Waals surface area (Å²) in [7, 11) is 0. The molecule has 3 atom stereocenters. The van der Waals surface area contributed by atoms with Gasteiger partial charge in [-0.3, -0.25) is 9.59 Å². The lowest BCUT2D eigenvalue weighted by Crippen LogP contribution is -2.55. The molecule has 0 spiro atoms. The lowest BCUT2D eigenvalue weighted by Gasteiger charge is -2.36. The van der Waals surface area contributed by atoms with Crippen molar-refractivity contribution in [2.45, 2.75) is 36.9 Å². The molecule has 9 heteroatoms. The maximum Gasteiger partial charge on any atom is 0.407 e. The molecule has 2 amide bonds. The number of nitrogens with zero attached hydrogens (tertiary/aromatic N) is 1. The van der Waals surface area contributed by atoms with Gasteiger partial charge in [0.2, 0.25) is 0 Å². The molecule has 2 N–H and O–H groups in total. The van der Waals surface area contributed by atoms with E-state index in [9.17, 15) is 19.5 Å². The maximum atomic E-state index is 13.2. The highest BCUT2D eigenvalue weighted by atomic mass is 32.2. The maximum absolute atomic E-state index is 13.2. The summed E-state index contributed by atoms with van der Waals surface area (Å²) in [6.45, 7) is 1.01. The first-order valence-electron chi connectivity index (χ1n) is 11.9. The van der Waals surface area contributed by atoms with E-state index in [1.165, 1.54) is 0 Å². The van der Waals surface area contributed by atoms with Crippen molar-refractivity contribution < 1.29 is 29.0 Å². The quantitative estimate of drug-likeness (QED) is 0.633. The number of hydrogen-bond donors (Lipinski definition) is 2. The van der Waals surface area contributed by atoms with Gasteiger partial charge in [-0.05, 0) is 28.7 Å². The highest BCUT2D eigenvalue weighted by Crippen LogP contribution is 2.44. The molecule has 2 fully saturated rings. The first kappa shape index (κ1) is 23.7. The Labute approximate surface area is 208 Å². The zero-order valence-corrected chi connectivity index (χ0v) is 20.0. The van der Waals surface area contributed by atoms with Crippen molar-refractivity contribution in [1.82, 2.24) is 10.2 Å². The Kier molecular flexibility index (Phi) is 6.97. The average Bonchev–Trinajstić information content (AvgIpc) is 3.45. The van der Waals surface area contributed by atoms with Gasteiger partial charge in [0.1, 0.15) is 6.61 Å². The minimum absolute atomic E-state index is 0.0481. The molecule has 0 bridgehead atoms. The number of nitrogens with one attached hydrogen (secondary N) is 1. The van der Waals surface area contributed by atoms with Gasteiger partial charge >= 0.3 is 12.1 Å². The summed E-state index contributed by atoms with van der Waals surface area (Å²) >= 11 is 1.64. The number of carbonyl (C=O) groups excluding carboxylic acids is 2. The summed E-state index contributed by atoms with van der Waals surface area (Å²) in [4.78, 5) is 38.8. The average molecular weight is 497 g/mol. The van der Waals surface area contributed by atoms with Crippen molar-refractivity contribution in [2.75, 3.05) is 31.3 Å². The predicted octanol–water partition coefficient (Wildman–Crippen LogP) is 3.10. The van der Waals surface area contributed by atoms with E-state index >= 15 is 0 Å². The van der Waals surface area contributed by atoms with Crippen LogP contribution in [0.15, 0.2) is 48.5 Å². The number of fused-ring (bicyclic) bond motifs is 3. The zero-order chi connectivity index (χ0) is 24.4. The Bertz CT molecular complexity index is 1080. The molecule has 0 aromatic heterocycles. The Morgan fingerprint density at radius 2 is 1.77 bits per heavy atom. The van der Waals surface area contributed by atoms with Crippen LogP contribution >= 0.6 is 11.8 Å². The Morgan fingerprint density at radius 3 is 2.46 bits per heavy atom. The third-order valence-electron chi connectivity index (χ3n) is 6.90. The number of carboxylic acid groups (broad SMARTS) is 1. The van der Waals surface area contributed by atoms with Crippen molar-refractivity contribution in [2.24, 2.45) is 0 Å². The van der Waals surface area contributed by atoms with Crippen molar-refractivity contribution in [3.05, 3.63) is 59.7 Å². The van der Waals surface area contributed by atoms with Gasteiger partial charge in [-0.25, -0.2) is 4.79 Å². The molecule has 1 aliphatic carbocycles. The highest BCUT2D eigenvalue weighted by molar-refractivity contribution is 7.99. The number of aliphatic carboxylic acids is 1. The topological polar surface area (TPSA) is 105 Å². The Hall–Kier alpha value is -3.04. The molecular weight excluding hydrogens is 468 g/mol. The van der Waals surface area contributed by atoms with E-state index in [1.54, 1.807) is 16.7 Å². The van der Waals surface area contributed by atoms with Crippen LogP contribution < -0.4 is 5.32 Å². The molecule has 2 aromatic rings. The van der Waals surface area contributed by atoms with Crippen LogP contribution in [0.3, 0.4) is 0 Å². The fourth-order valence-corrected chi connectivity index (χ4v) is 6.31. The SMILES string of the molecule is O=C(O)CC1CSCCN1C(=O)[C@@H]1OCC[C@@H]1NC(=O)OCC1c2ccccc2-c2ccccc21. The van der Waals surface area contributed by atoms with E-state index in [2.05, 4.69) is 29.6 Å².